The topological polar surface area (TPSA) is 78.0 Å². The van der Waals surface area contributed by atoms with Crippen LogP contribution in [-0.4, -0.2) is 15.5 Å². The van der Waals surface area contributed by atoms with Crippen LogP contribution in [0.15, 0.2) is 23.0 Å². The number of hydrogen-bond acceptors (Lipinski definition) is 4. The highest BCUT2D eigenvalue weighted by Crippen LogP contribution is 2.37. The summed E-state index contributed by atoms with van der Waals surface area (Å²) in [5, 5.41) is 1.19. The number of hydrogen-bond donors (Lipinski definition) is 1. The summed E-state index contributed by atoms with van der Waals surface area (Å²) < 4.78 is 1.36. The average Bonchev–Trinajstić information content (AvgIpc) is 2.86. The SMILES string of the molecule is Cc1cc(-c2c(C)sc3nc(C)n(C(C)C(N)=O)c(=O)c23)ccc1Cl. The van der Waals surface area contributed by atoms with Crippen LogP contribution in [0.25, 0.3) is 21.3 Å². The minimum atomic E-state index is -0.760. The average molecular weight is 376 g/mol. The maximum atomic E-state index is 13.2. The molecule has 0 aliphatic carbocycles. The third kappa shape index (κ3) is 2.85. The summed E-state index contributed by atoms with van der Waals surface area (Å²) in [5.41, 5.74) is 7.83. The molecule has 2 heterocycles. The second-order valence-corrected chi connectivity index (χ2v) is 7.70. The van der Waals surface area contributed by atoms with Crippen LogP contribution in [0.1, 0.15) is 29.2 Å². The van der Waals surface area contributed by atoms with Crippen LogP contribution in [0, 0.1) is 20.8 Å². The number of carbonyl (C=O) groups is 1. The lowest BCUT2D eigenvalue weighted by Gasteiger charge is -2.14. The van der Waals surface area contributed by atoms with Gasteiger partial charge in [-0.15, -0.1) is 11.3 Å². The van der Waals surface area contributed by atoms with E-state index >= 15 is 0 Å². The van der Waals surface area contributed by atoms with Crippen LogP contribution >= 0.6 is 22.9 Å². The Labute approximate surface area is 154 Å². The number of nitrogens with zero attached hydrogens (tertiary/aromatic N) is 2. The maximum Gasteiger partial charge on any atom is 0.263 e. The van der Waals surface area contributed by atoms with Crippen LogP contribution in [0.2, 0.25) is 5.02 Å². The highest BCUT2D eigenvalue weighted by Gasteiger charge is 2.22. The highest BCUT2D eigenvalue weighted by atomic mass is 35.5. The molecule has 1 atom stereocenters. The molecule has 0 aliphatic rings. The highest BCUT2D eigenvalue weighted by molar-refractivity contribution is 7.19. The van der Waals surface area contributed by atoms with Gasteiger partial charge >= 0.3 is 0 Å². The molecule has 0 fully saturated rings. The fourth-order valence-electron chi connectivity index (χ4n) is 3.01. The van der Waals surface area contributed by atoms with Gasteiger partial charge in [0.2, 0.25) is 5.91 Å². The van der Waals surface area contributed by atoms with Crippen molar-refractivity contribution in [2.45, 2.75) is 33.7 Å². The van der Waals surface area contributed by atoms with E-state index in [1.807, 2.05) is 32.0 Å². The molecule has 1 aromatic carbocycles. The van der Waals surface area contributed by atoms with Crippen molar-refractivity contribution in [2.75, 3.05) is 0 Å². The molecule has 0 spiro atoms. The fraction of sp³-hybridized carbons (Fsp3) is 0.278. The second kappa shape index (κ2) is 6.28. The van der Waals surface area contributed by atoms with Gasteiger partial charge in [0.05, 0.1) is 5.39 Å². The minimum absolute atomic E-state index is 0.249. The number of primary amides is 1. The molecule has 5 nitrogen and oxygen atoms in total. The van der Waals surface area contributed by atoms with E-state index in [0.717, 1.165) is 21.6 Å². The van der Waals surface area contributed by atoms with Gasteiger partial charge in [0.15, 0.2) is 0 Å². The molecule has 0 aliphatic heterocycles. The molecule has 130 valence electrons. The van der Waals surface area contributed by atoms with Crippen LogP contribution in [0.3, 0.4) is 0 Å². The van der Waals surface area contributed by atoms with Crippen LogP contribution in [-0.2, 0) is 4.79 Å². The van der Waals surface area contributed by atoms with Crippen molar-refractivity contribution in [3.63, 3.8) is 0 Å². The van der Waals surface area contributed by atoms with Crippen molar-refractivity contribution >= 4 is 39.1 Å². The van der Waals surface area contributed by atoms with E-state index in [2.05, 4.69) is 4.98 Å². The Hall–Kier alpha value is -2.18. The summed E-state index contributed by atoms with van der Waals surface area (Å²) in [5.74, 6) is -0.0916. The van der Waals surface area contributed by atoms with Crippen molar-refractivity contribution in [2.24, 2.45) is 5.73 Å². The van der Waals surface area contributed by atoms with E-state index in [9.17, 15) is 9.59 Å². The van der Waals surface area contributed by atoms with Crippen molar-refractivity contribution in [3.05, 3.63) is 49.8 Å². The van der Waals surface area contributed by atoms with Gasteiger partial charge < -0.3 is 5.73 Å². The number of aryl methyl sites for hydroxylation is 3. The standard InChI is InChI=1S/C18H18ClN3O2S/c1-8-7-12(5-6-13(8)19)14-10(3)25-17-15(14)18(24)22(11(4)21-17)9(2)16(20)23/h5-7,9H,1-4H3,(H2,20,23). The van der Waals surface area contributed by atoms with Crippen LogP contribution in [0.4, 0.5) is 0 Å². The summed E-state index contributed by atoms with van der Waals surface area (Å²) in [7, 11) is 0. The summed E-state index contributed by atoms with van der Waals surface area (Å²) >= 11 is 7.59. The monoisotopic (exact) mass is 375 g/mol. The first-order valence-electron chi connectivity index (χ1n) is 7.80. The molecule has 7 heteroatoms. The van der Waals surface area contributed by atoms with Crippen molar-refractivity contribution in [1.82, 2.24) is 9.55 Å². The maximum absolute atomic E-state index is 13.2. The smallest absolute Gasteiger partial charge is 0.263 e. The molecule has 0 saturated heterocycles. The Morgan fingerprint density at radius 2 is 2.00 bits per heavy atom. The molecule has 1 amide bonds. The Balaban J connectivity index is 2.39. The summed E-state index contributed by atoms with van der Waals surface area (Å²) in [6, 6.07) is 4.91. The molecule has 0 saturated carbocycles. The van der Waals surface area contributed by atoms with E-state index in [1.54, 1.807) is 13.8 Å². The predicted octanol–water partition coefficient (Wildman–Crippen LogP) is 3.75. The van der Waals surface area contributed by atoms with Gasteiger partial charge in [-0.3, -0.25) is 14.2 Å². The summed E-state index contributed by atoms with van der Waals surface area (Å²) in [6.07, 6.45) is 0. The van der Waals surface area contributed by atoms with Gasteiger partial charge in [-0.05, 0) is 51.0 Å². The first-order chi connectivity index (χ1) is 11.7. The third-order valence-corrected chi connectivity index (χ3v) is 5.78. The molecule has 0 radical (unpaired) electrons. The fourth-order valence-corrected chi connectivity index (χ4v) is 4.21. The third-order valence-electron chi connectivity index (χ3n) is 4.36. The summed E-state index contributed by atoms with van der Waals surface area (Å²) in [4.78, 5) is 30.9. The number of halogens is 1. The van der Waals surface area contributed by atoms with E-state index < -0.39 is 11.9 Å². The number of nitrogens with two attached hydrogens (primary N) is 1. The number of fused-ring (bicyclic) bond motifs is 1. The van der Waals surface area contributed by atoms with Crippen molar-refractivity contribution < 1.29 is 4.79 Å². The number of aromatic nitrogens is 2. The van der Waals surface area contributed by atoms with Crippen LogP contribution < -0.4 is 11.3 Å². The Morgan fingerprint density at radius 3 is 2.60 bits per heavy atom. The molecule has 2 aromatic heterocycles. The Bertz CT molecular complexity index is 1070. The molecule has 1 unspecified atom stereocenters. The Kier molecular flexibility index (Phi) is 4.43. The van der Waals surface area contributed by atoms with E-state index in [4.69, 9.17) is 17.3 Å². The zero-order chi connectivity index (χ0) is 18.5. The normalized spacial score (nSPS) is 12.5. The zero-order valence-corrected chi connectivity index (χ0v) is 16.0. The lowest BCUT2D eigenvalue weighted by atomic mass is 10.0. The van der Waals surface area contributed by atoms with E-state index in [-0.39, 0.29) is 5.56 Å². The Morgan fingerprint density at radius 1 is 1.32 bits per heavy atom. The van der Waals surface area contributed by atoms with Gasteiger partial charge in [0.1, 0.15) is 16.7 Å². The van der Waals surface area contributed by atoms with Gasteiger partial charge in [0, 0.05) is 15.5 Å². The molecular formula is C18H18ClN3O2S. The van der Waals surface area contributed by atoms with Gasteiger partial charge in [-0.25, -0.2) is 4.98 Å². The quantitative estimate of drug-likeness (QED) is 0.757. The largest absolute Gasteiger partial charge is 0.368 e. The van der Waals surface area contributed by atoms with Gasteiger partial charge in [-0.1, -0.05) is 17.7 Å². The lowest BCUT2D eigenvalue weighted by Crippen LogP contribution is -2.34. The molecule has 25 heavy (non-hydrogen) atoms. The number of rotatable bonds is 3. The number of carbonyl (C=O) groups excluding carboxylic acids is 1. The van der Waals surface area contributed by atoms with Gasteiger partial charge in [0.25, 0.3) is 5.56 Å². The van der Waals surface area contributed by atoms with Gasteiger partial charge in [-0.2, -0.15) is 0 Å². The number of thiophene rings is 1. The van der Waals surface area contributed by atoms with Crippen LogP contribution in [0.5, 0.6) is 0 Å². The number of benzene rings is 1. The molecule has 2 N–H and O–H groups in total. The first-order valence-corrected chi connectivity index (χ1v) is 9.00. The van der Waals surface area contributed by atoms with Crippen molar-refractivity contribution in [3.8, 4) is 11.1 Å². The summed E-state index contributed by atoms with van der Waals surface area (Å²) in [6.45, 7) is 7.20. The molecular weight excluding hydrogens is 358 g/mol. The lowest BCUT2D eigenvalue weighted by molar-refractivity contribution is -0.120. The molecule has 3 rings (SSSR count). The van der Waals surface area contributed by atoms with Crippen molar-refractivity contribution in [1.29, 1.82) is 0 Å². The predicted molar refractivity (Wildman–Crippen MR) is 102 cm³/mol. The van der Waals surface area contributed by atoms with E-state index in [0.29, 0.717) is 21.1 Å². The first kappa shape index (κ1) is 17.6. The second-order valence-electron chi connectivity index (χ2n) is 6.09. The number of amides is 1. The molecule has 0 bridgehead atoms. The minimum Gasteiger partial charge on any atom is -0.368 e. The zero-order valence-electron chi connectivity index (χ0n) is 14.4. The molecule has 3 aromatic rings. The van der Waals surface area contributed by atoms with E-state index in [1.165, 1.54) is 15.9 Å².